The van der Waals surface area contributed by atoms with Gasteiger partial charge in [0, 0.05) is 25.4 Å². The van der Waals surface area contributed by atoms with Gasteiger partial charge in [-0.15, -0.1) is 0 Å². The minimum Gasteiger partial charge on any atom is -0.394 e. The molecule has 0 aliphatic rings. The maximum absolute atomic E-state index is 6.12. The molecule has 0 aromatic heterocycles. The van der Waals surface area contributed by atoms with E-state index in [1.807, 2.05) is 0 Å². The van der Waals surface area contributed by atoms with E-state index >= 15 is 0 Å². The highest BCUT2D eigenvalue weighted by Crippen LogP contribution is 2.11. The highest BCUT2D eigenvalue weighted by molar-refractivity contribution is 6.66. The minimum atomic E-state index is -2.12. The fraction of sp³-hybridized carbons (Fsp3) is 1.00. The summed E-state index contributed by atoms with van der Waals surface area (Å²) in [6.07, 6.45) is 7.04. The van der Waals surface area contributed by atoms with Gasteiger partial charge in [-0.2, -0.15) is 0 Å². The van der Waals surface area contributed by atoms with Crippen molar-refractivity contribution in [2.75, 3.05) is 58.7 Å². The van der Waals surface area contributed by atoms with Gasteiger partial charge in [-0.3, -0.25) is 0 Å². The largest absolute Gasteiger partial charge is 0.394 e. The molecule has 0 bridgehead atoms. The molecule has 0 spiro atoms. The molecule has 5 nitrogen and oxygen atoms in total. The summed E-state index contributed by atoms with van der Waals surface area (Å²) in [5.41, 5.74) is 0. The first-order valence-electron chi connectivity index (χ1n) is 11.9. The third kappa shape index (κ3) is 13.3. The first kappa shape index (κ1) is 28.0. The van der Waals surface area contributed by atoms with Crippen molar-refractivity contribution in [1.29, 1.82) is 0 Å². The van der Waals surface area contributed by atoms with Crippen molar-refractivity contribution in [2.24, 2.45) is 0 Å². The molecule has 0 saturated heterocycles. The van der Waals surface area contributed by atoms with Crippen molar-refractivity contribution in [3.8, 4) is 0 Å². The number of nitrogens with one attached hydrogen (secondary N) is 1. The van der Waals surface area contributed by atoms with Crippen LogP contribution in [0.1, 0.15) is 73.6 Å². The summed E-state index contributed by atoms with van der Waals surface area (Å²) >= 11 is 0. The lowest BCUT2D eigenvalue weighted by Crippen LogP contribution is -2.51. The molecule has 6 heteroatoms. The van der Waals surface area contributed by atoms with Crippen LogP contribution in [0.5, 0.6) is 0 Å². The third-order valence-corrected chi connectivity index (χ3v) is 8.24. The number of nitrogens with zero attached hydrogens (tertiary/aromatic N) is 2. The number of hydrogen-bond donors (Lipinski definition) is 1. The molecule has 0 unspecified atom stereocenters. The van der Waals surface area contributed by atoms with E-state index in [4.69, 9.17) is 8.85 Å². The zero-order valence-corrected chi connectivity index (χ0v) is 21.2. The van der Waals surface area contributed by atoms with Gasteiger partial charge in [0.15, 0.2) is 0 Å². The van der Waals surface area contributed by atoms with E-state index in [-0.39, 0.29) is 0 Å². The van der Waals surface area contributed by atoms with Crippen molar-refractivity contribution in [1.82, 2.24) is 15.1 Å². The molecule has 0 aromatic carbocycles. The Morgan fingerprint density at radius 2 is 1.36 bits per heavy atom. The molecule has 0 rings (SSSR count). The lowest BCUT2D eigenvalue weighted by Gasteiger charge is -2.33. The zero-order valence-electron chi connectivity index (χ0n) is 20.2. The highest BCUT2D eigenvalue weighted by Gasteiger charge is 2.33. The molecule has 28 heavy (non-hydrogen) atoms. The normalized spacial score (nSPS) is 12.6. The SMILES string of the molecule is CCCN(CC)CCCN(CCCNC(CC)CC)C[Si](C)(OCC)OCC. The molecule has 0 fully saturated rings. The quantitative estimate of drug-likeness (QED) is 0.237. The predicted octanol–water partition coefficient (Wildman–Crippen LogP) is 4.26. The zero-order chi connectivity index (χ0) is 21.3. The Bertz CT molecular complexity index is 338. The molecule has 170 valence electrons. The van der Waals surface area contributed by atoms with Crippen LogP contribution < -0.4 is 5.32 Å². The van der Waals surface area contributed by atoms with E-state index in [1.54, 1.807) is 0 Å². The van der Waals surface area contributed by atoms with Gasteiger partial charge in [-0.05, 0) is 91.8 Å². The molecule has 0 aliphatic carbocycles. The van der Waals surface area contributed by atoms with Gasteiger partial charge in [-0.1, -0.05) is 27.7 Å². The lowest BCUT2D eigenvalue weighted by atomic mass is 10.2. The predicted molar refractivity (Wildman–Crippen MR) is 125 cm³/mol. The molecule has 0 saturated carbocycles. The van der Waals surface area contributed by atoms with E-state index in [9.17, 15) is 0 Å². The second kappa shape index (κ2) is 17.8. The van der Waals surface area contributed by atoms with Crippen LogP contribution in [0.25, 0.3) is 0 Å². The first-order valence-corrected chi connectivity index (χ1v) is 14.5. The Kier molecular flexibility index (Phi) is 17.9. The van der Waals surface area contributed by atoms with Gasteiger partial charge < -0.3 is 24.0 Å². The second-order valence-electron chi connectivity index (χ2n) is 7.88. The van der Waals surface area contributed by atoms with E-state index in [1.165, 1.54) is 45.2 Å². The van der Waals surface area contributed by atoms with Crippen LogP contribution >= 0.6 is 0 Å². The molecule has 1 N–H and O–H groups in total. The molecular weight excluding hydrogens is 366 g/mol. The van der Waals surface area contributed by atoms with E-state index in [0.717, 1.165) is 45.6 Å². The van der Waals surface area contributed by atoms with Crippen LogP contribution in [-0.4, -0.2) is 83.1 Å². The first-order chi connectivity index (χ1) is 13.5. The third-order valence-electron chi connectivity index (χ3n) is 5.42. The maximum atomic E-state index is 6.12. The monoisotopic (exact) mass is 417 g/mol. The van der Waals surface area contributed by atoms with Gasteiger partial charge in [0.05, 0.1) is 0 Å². The van der Waals surface area contributed by atoms with Crippen molar-refractivity contribution in [3.63, 3.8) is 0 Å². The van der Waals surface area contributed by atoms with E-state index in [0.29, 0.717) is 6.04 Å². The van der Waals surface area contributed by atoms with E-state index in [2.05, 4.69) is 63.2 Å². The Balaban J connectivity index is 4.66. The van der Waals surface area contributed by atoms with Gasteiger partial charge in [0.2, 0.25) is 0 Å². The van der Waals surface area contributed by atoms with Crippen LogP contribution in [0.4, 0.5) is 0 Å². The van der Waals surface area contributed by atoms with Gasteiger partial charge >= 0.3 is 8.56 Å². The molecular formula is C22H51N3O2Si. The fourth-order valence-electron chi connectivity index (χ4n) is 3.87. The molecule has 0 amide bonds. The Labute approximate surface area is 177 Å². The van der Waals surface area contributed by atoms with E-state index < -0.39 is 8.56 Å². The summed E-state index contributed by atoms with van der Waals surface area (Å²) in [4.78, 5) is 5.17. The lowest BCUT2D eigenvalue weighted by molar-refractivity contribution is 0.160. The average molecular weight is 418 g/mol. The topological polar surface area (TPSA) is 37.0 Å². The summed E-state index contributed by atoms with van der Waals surface area (Å²) < 4.78 is 12.2. The molecule has 0 radical (unpaired) electrons. The van der Waals surface area contributed by atoms with Gasteiger partial charge in [-0.25, -0.2) is 0 Å². The number of rotatable bonds is 20. The number of hydrogen-bond acceptors (Lipinski definition) is 5. The Hall–Kier alpha value is 0.0169. The van der Waals surface area contributed by atoms with Crippen molar-refractivity contribution < 1.29 is 8.85 Å². The summed E-state index contributed by atoms with van der Waals surface area (Å²) in [5.74, 6) is 0. The minimum absolute atomic E-state index is 0.659. The maximum Gasteiger partial charge on any atom is 0.349 e. The molecule has 0 atom stereocenters. The molecule has 0 aliphatic heterocycles. The summed E-state index contributed by atoms with van der Waals surface area (Å²) in [6.45, 7) is 23.8. The summed E-state index contributed by atoms with van der Waals surface area (Å²) in [7, 11) is -2.12. The molecule has 0 heterocycles. The van der Waals surface area contributed by atoms with Crippen LogP contribution in [0.15, 0.2) is 0 Å². The second-order valence-corrected chi connectivity index (χ2v) is 11.0. The fourth-order valence-corrected chi connectivity index (χ4v) is 6.48. The average Bonchev–Trinajstić information content (AvgIpc) is 2.67. The van der Waals surface area contributed by atoms with Crippen LogP contribution in [-0.2, 0) is 8.85 Å². The van der Waals surface area contributed by atoms with Crippen molar-refractivity contribution in [2.45, 2.75) is 86.2 Å². The standard InChI is InChI=1S/C22H51N3O2Si/c1-8-17-24(11-4)19-15-20-25(18-14-16-23-22(9-2)10-3)21-28(7,26-12-5)27-13-6/h22-23H,8-21H2,1-7H3. The smallest absolute Gasteiger partial charge is 0.349 e. The Morgan fingerprint density at radius 3 is 1.86 bits per heavy atom. The summed E-state index contributed by atoms with van der Waals surface area (Å²) in [5, 5.41) is 3.70. The highest BCUT2D eigenvalue weighted by atomic mass is 28.4. The summed E-state index contributed by atoms with van der Waals surface area (Å²) in [6, 6.07) is 0.659. The van der Waals surface area contributed by atoms with Crippen LogP contribution in [0.2, 0.25) is 6.55 Å². The van der Waals surface area contributed by atoms with Crippen molar-refractivity contribution >= 4 is 8.56 Å². The van der Waals surface area contributed by atoms with Crippen LogP contribution in [0.3, 0.4) is 0 Å². The van der Waals surface area contributed by atoms with Crippen molar-refractivity contribution in [3.05, 3.63) is 0 Å². The van der Waals surface area contributed by atoms with Gasteiger partial charge in [0.1, 0.15) is 0 Å². The van der Waals surface area contributed by atoms with Crippen LogP contribution in [0, 0.1) is 0 Å². The molecule has 0 aromatic rings. The van der Waals surface area contributed by atoms with Gasteiger partial charge in [0.25, 0.3) is 0 Å². The Morgan fingerprint density at radius 1 is 0.786 bits per heavy atom.